The van der Waals surface area contributed by atoms with Crippen molar-refractivity contribution in [1.82, 2.24) is 10.2 Å². The van der Waals surface area contributed by atoms with Crippen molar-refractivity contribution < 1.29 is 19.1 Å². The Kier molecular flexibility index (Phi) is 6.10. The molecule has 0 aliphatic rings. The van der Waals surface area contributed by atoms with Gasteiger partial charge in [-0.15, -0.1) is 0 Å². The fraction of sp³-hybridized carbons (Fsp3) is 0.500. The summed E-state index contributed by atoms with van der Waals surface area (Å²) in [4.78, 5) is 25.0. The fourth-order valence-corrected chi connectivity index (χ4v) is 1.48. The number of likely N-dealkylation sites (N-methyl/N-ethyl adjacent to an activating group) is 1. The largest absolute Gasteiger partial charge is 0.459 e. The zero-order valence-electron chi connectivity index (χ0n) is 10.4. The third kappa shape index (κ3) is 4.68. The third-order valence-corrected chi connectivity index (χ3v) is 2.44. The van der Waals surface area contributed by atoms with Crippen molar-refractivity contribution in [2.24, 2.45) is 0 Å². The molecule has 100 valence electrons. The fourth-order valence-electron chi connectivity index (χ4n) is 1.48. The Morgan fingerprint density at radius 3 is 2.83 bits per heavy atom. The Hall–Kier alpha value is -1.66. The number of aliphatic hydroxyl groups excluding tert-OH is 1. The summed E-state index contributed by atoms with van der Waals surface area (Å²) in [6, 6.07) is 3.07. The number of nitrogens with one attached hydrogen (secondary N) is 1. The summed E-state index contributed by atoms with van der Waals surface area (Å²) in [6.45, 7) is 3.43. The van der Waals surface area contributed by atoms with Crippen LogP contribution in [0.5, 0.6) is 0 Å². The quantitative estimate of drug-likeness (QED) is 0.728. The minimum absolute atomic E-state index is 0.0868. The second-order valence-electron chi connectivity index (χ2n) is 3.80. The molecular weight excluding hydrogens is 236 g/mol. The molecule has 6 nitrogen and oxygen atoms in total. The van der Waals surface area contributed by atoms with Gasteiger partial charge in [0.05, 0.1) is 12.8 Å². The predicted octanol–water partition coefficient (Wildman–Crippen LogP) is 0.240. The monoisotopic (exact) mass is 254 g/mol. The summed E-state index contributed by atoms with van der Waals surface area (Å²) in [5.74, 6) is -0.804. The highest BCUT2D eigenvalue weighted by molar-refractivity contribution is 6.03. The molecule has 2 amide bonds. The summed E-state index contributed by atoms with van der Waals surface area (Å²) in [5.41, 5.74) is 0. The van der Waals surface area contributed by atoms with Crippen molar-refractivity contribution in [3.8, 4) is 0 Å². The summed E-state index contributed by atoms with van der Waals surface area (Å²) >= 11 is 0. The van der Waals surface area contributed by atoms with Gasteiger partial charge in [0.15, 0.2) is 5.76 Å². The van der Waals surface area contributed by atoms with Crippen molar-refractivity contribution in [3.05, 3.63) is 24.2 Å². The number of carbonyl (C=O) groups is 2. The molecule has 0 aliphatic carbocycles. The van der Waals surface area contributed by atoms with E-state index in [2.05, 4.69) is 5.32 Å². The lowest BCUT2D eigenvalue weighted by atomic mass is 10.3. The molecule has 1 aromatic rings. The Balaban J connectivity index is 2.38. The lowest BCUT2D eigenvalue weighted by molar-refractivity contribution is -0.121. The molecule has 1 heterocycles. The molecule has 0 saturated carbocycles. The Labute approximate surface area is 106 Å². The SMILES string of the molecule is CCN(CCCO)CC(=O)NC(=O)c1ccco1. The molecule has 0 aromatic carbocycles. The lowest BCUT2D eigenvalue weighted by Crippen LogP contribution is -2.40. The highest BCUT2D eigenvalue weighted by Crippen LogP contribution is 1.99. The zero-order valence-corrected chi connectivity index (χ0v) is 10.4. The molecule has 0 unspecified atom stereocenters. The number of amides is 2. The van der Waals surface area contributed by atoms with Crippen LogP contribution in [0.2, 0.25) is 0 Å². The van der Waals surface area contributed by atoms with Crippen LogP contribution in [0.4, 0.5) is 0 Å². The standard InChI is InChI=1S/C12H18N2O4/c1-2-14(6-4-7-15)9-11(16)13-12(17)10-5-3-8-18-10/h3,5,8,15H,2,4,6-7,9H2,1H3,(H,13,16,17). The first-order valence-corrected chi connectivity index (χ1v) is 5.88. The van der Waals surface area contributed by atoms with Gasteiger partial charge in [-0.05, 0) is 25.1 Å². The maximum absolute atomic E-state index is 11.6. The van der Waals surface area contributed by atoms with Gasteiger partial charge in [-0.25, -0.2) is 0 Å². The average Bonchev–Trinajstić information content (AvgIpc) is 2.88. The Bertz CT molecular complexity index is 375. The van der Waals surface area contributed by atoms with E-state index in [-0.39, 0.29) is 24.8 Å². The van der Waals surface area contributed by atoms with E-state index in [1.54, 1.807) is 6.07 Å². The highest BCUT2D eigenvalue weighted by atomic mass is 16.3. The number of imide groups is 1. The van der Waals surface area contributed by atoms with Crippen LogP contribution in [0, 0.1) is 0 Å². The van der Waals surface area contributed by atoms with Crippen LogP contribution in [0.3, 0.4) is 0 Å². The molecule has 0 radical (unpaired) electrons. The molecule has 18 heavy (non-hydrogen) atoms. The first-order valence-electron chi connectivity index (χ1n) is 5.88. The Morgan fingerprint density at radius 1 is 1.50 bits per heavy atom. The normalized spacial score (nSPS) is 10.6. The van der Waals surface area contributed by atoms with Crippen molar-refractivity contribution >= 4 is 11.8 Å². The van der Waals surface area contributed by atoms with Crippen molar-refractivity contribution in [2.75, 3.05) is 26.2 Å². The van der Waals surface area contributed by atoms with E-state index in [9.17, 15) is 9.59 Å². The van der Waals surface area contributed by atoms with Gasteiger partial charge in [0, 0.05) is 13.2 Å². The van der Waals surface area contributed by atoms with Crippen LogP contribution in [-0.4, -0.2) is 48.1 Å². The number of hydrogen-bond donors (Lipinski definition) is 2. The van der Waals surface area contributed by atoms with Crippen LogP contribution < -0.4 is 5.32 Å². The molecule has 0 aliphatic heterocycles. The van der Waals surface area contributed by atoms with E-state index in [1.165, 1.54) is 12.3 Å². The number of carbonyl (C=O) groups excluding carboxylic acids is 2. The Morgan fingerprint density at radius 2 is 2.28 bits per heavy atom. The van der Waals surface area contributed by atoms with Gasteiger partial charge in [0.25, 0.3) is 5.91 Å². The molecule has 0 bridgehead atoms. The minimum Gasteiger partial charge on any atom is -0.459 e. The number of rotatable bonds is 7. The van der Waals surface area contributed by atoms with Crippen LogP contribution >= 0.6 is 0 Å². The third-order valence-electron chi connectivity index (χ3n) is 2.44. The van der Waals surface area contributed by atoms with E-state index in [0.717, 1.165) is 0 Å². The van der Waals surface area contributed by atoms with Gasteiger partial charge in [0.2, 0.25) is 5.91 Å². The topological polar surface area (TPSA) is 82.8 Å². The molecule has 0 fully saturated rings. The van der Waals surface area contributed by atoms with E-state index in [4.69, 9.17) is 9.52 Å². The molecule has 0 spiro atoms. The number of nitrogens with zero attached hydrogens (tertiary/aromatic N) is 1. The maximum atomic E-state index is 11.6. The zero-order chi connectivity index (χ0) is 13.4. The molecule has 2 N–H and O–H groups in total. The second kappa shape index (κ2) is 7.62. The van der Waals surface area contributed by atoms with Crippen LogP contribution in [0.1, 0.15) is 23.9 Å². The second-order valence-corrected chi connectivity index (χ2v) is 3.80. The van der Waals surface area contributed by atoms with E-state index in [1.807, 2.05) is 11.8 Å². The summed E-state index contributed by atoms with van der Waals surface area (Å²) in [5, 5.41) is 11.0. The van der Waals surface area contributed by atoms with Gasteiger partial charge in [-0.1, -0.05) is 6.92 Å². The smallest absolute Gasteiger partial charge is 0.293 e. The lowest BCUT2D eigenvalue weighted by Gasteiger charge is -2.18. The van der Waals surface area contributed by atoms with E-state index >= 15 is 0 Å². The predicted molar refractivity (Wildman–Crippen MR) is 65.0 cm³/mol. The van der Waals surface area contributed by atoms with Crippen molar-refractivity contribution in [1.29, 1.82) is 0 Å². The van der Waals surface area contributed by atoms with Gasteiger partial charge in [-0.3, -0.25) is 19.8 Å². The first kappa shape index (κ1) is 14.4. The van der Waals surface area contributed by atoms with E-state index < -0.39 is 5.91 Å². The number of furan rings is 1. The molecule has 1 aromatic heterocycles. The average molecular weight is 254 g/mol. The minimum atomic E-state index is -0.539. The van der Waals surface area contributed by atoms with Gasteiger partial charge >= 0.3 is 0 Å². The molecule has 0 atom stereocenters. The molecule has 1 rings (SSSR count). The molecule has 6 heteroatoms. The maximum Gasteiger partial charge on any atom is 0.293 e. The molecular formula is C12H18N2O4. The number of hydrogen-bond acceptors (Lipinski definition) is 5. The first-order chi connectivity index (χ1) is 8.67. The van der Waals surface area contributed by atoms with Crippen LogP contribution in [0.15, 0.2) is 22.8 Å². The van der Waals surface area contributed by atoms with Crippen molar-refractivity contribution in [3.63, 3.8) is 0 Å². The number of aliphatic hydroxyl groups is 1. The van der Waals surface area contributed by atoms with Crippen molar-refractivity contribution in [2.45, 2.75) is 13.3 Å². The summed E-state index contributed by atoms with van der Waals surface area (Å²) in [7, 11) is 0. The van der Waals surface area contributed by atoms with Gasteiger partial charge in [0.1, 0.15) is 0 Å². The molecule has 0 saturated heterocycles. The van der Waals surface area contributed by atoms with Gasteiger partial charge < -0.3 is 9.52 Å². The summed E-state index contributed by atoms with van der Waals surface area (Å²) < 4.78 is 4.88. The van der Waals surface area contributed by atoms with E-state index in [0.29, 0.717) is 19.5 Å². The summed E-state index contributed by atoms with van der Waals surface area (Å²) in [6.07, 6.45) is 1.98. The van der Waals surface area contributed by atoms with Crippen LogP contribution in [0.25, 0.3) is 0 Å². The van der Waals surface area contributed by atoms with Gasteiger partial charge in [-0.2, -0.15) is 0 Å². The highest BCUT2D eigenvalue weighted by Gasteiger charge is 2.14. The van der Waals surface area contributed by atoms with Crippen LogP contribution in [-0.2, 0) is 4.79 Å².